The van der Waals surface area contributed by atoms with E-state index in [2.05, 4.69) is 15.5 Å². The van der Waals surface area contributed by atoms with Crippen LogP contribution < -0.4 is 5.32 Å². The number of nitrogens with zero attached hydrogens (tertiary/aromatic N) is 3. The molecule has 0 saturated carbocycles. The van der Waals surface area contributed by atoms with Gasteiger partial charge in [0, 0.05) is 18.7 Å². The molecule has 3 aromatic rings. The second-order valence-corrected chi connectivity index (χ2v) is 6.66. The lowest BCUT2D eigenvalue weighted by Crippen LogP contribution is -2.33. The minimum Gasteiger partial charge on any atom is -0.336 e. The number of halogens is 1. The van der Waals surface area contributed by atoms with Gasteiger partial charge in [0.1, 0.15) is 11.9 Å². The molecule has 138 valence electrons. The van der Waals surface area contributed by atoms with Gasteiger partial charge in [0.25, 0.3) is 0 Å². The van der Waals surface area contributed by atoms with Crippen molar-refractivity contribution in [1.82, 2.24) is 15.0 Å². The van der Waals surface area contributed by atoms with E-state index < -0.39 is 6.04 Å². The highest BCUT2D eigenvalue weighted by atomic mass is 19.1. The fraction of sp³-hybridized carbons (Fsp3) is 0.250. The van der Waals surface area contributed by atoms with Crippen LogP contribution in [0.2, 0.25) is 0 Å². The third-order valence-electron chi connectivity index (χ3n) is 4.62. The summed E-state index contributed by atoms with van der Waals surface area (Å²) in [6, 6.07) is 13.8. The average molecular weight is 366 g/mol. The Morgan fingerprint density at radius 2 is 1.93 bits per heavy atom. The molecule has 7 heteroatoms. The number of hydrogen-bond acceptors (Lipinski definition) is 5. The molecule has 1 N–H and O–H groups in total. The molecule has 0 bridgehead atoms. The third kappa shape index (κ3) is 3.81. The maximum absolute atomic E-state index is 13.0. The van der Waals surface area contributed by atoms with Crippen LogP contribution in [0.15, 0.2) is 53.1 Å². The Hall–Kier alpha value is -3.22. The van der Waals surface area contributed by atoms with Crippen LogP contribution in [0.5, 0.6) is 0 Å². The number of hydrogen-bond donors (Lipinski definition) is 1. The summed E-state index contributed by atoms with van der Waals surface area (Å²) in [6.45, 7) is 3.08. The van der Waals surface area contributed by atoms with Gasteiger partial charge in [0.2, 0.25) is 11.7 Å². The summed E-state index contributed by atoms with van der Waals surface area (Å²) in [5.74, 6) is 0.160. The second-order valence-electron chi connectivity index (χ2n) is 6.66. The highest BCUT2D eigenvalue weighted by molar-refractivity contribution is 5.86. The number of carbonyl (C=O) groups excluding carboxylic acids is 1. The first kappa shape index (κ1) is 17.2. The van der Waals surface area contributed by atoms with Crippen molar-refractivity contribution in [1.29, 1.82) is 0 Å². The maximum Gasteiger partial charge on any atom is 0.322 e. The van der Waals surface area contributed by atoms with E-state index in [1.807, 2.05) is 31.2 Å². The fourth-order valence-electron chi connectivity index (χ4n) is 3.09. The van der Waals surface area contributed by atoms with Crippen molar-refractivity contribution in [3.05, 3.63) is 65.5 Å². The van der Waals surface area contributed by atoms with Crippen LogP contribution in [0.3, 0.4) is 0 Å². The Balaban J connectivity index is 1.39. The van der Waals surface area contributed by atoms with Crippen molar-refractivity contribution in [2.75, 3.05) is 11.9 Å². The summed E-state index contributed by atoms with van der Waals surface area (Å²) in [5, 5.41) is 6.99. The number of anilines is 1. The first-order chi connectivity index (χ1) is 13.1. The number of amides is 1. The van der Waals surface area contributed by atoms with Crippen LogP contribution in [0.25, 0.3) is 11.4 Å². The van der Waals surface area contributed by atoms with Gasteiger partial charge in [0.15, 0.2) is 0 Å². The largest absolute Gasteiger partial charge is 0.336 e. The zero-order chi connectivity index (χ0) is 18.8. The van der Waals surface area contributed by atoms with Gasteiger partial charge in [-0.15, -0.1) is 0 Å². The number of aromatic nitrogens is 2. The zero-order valence-corrected chi connectivity index (χ0v) is 14.9. The first-order valence-corrected chi connectivity index (χ1v) is 8.79. The molecule has 2 heterocycles. The van der Waals surface area contributed by atoms with Crippen LogP contribution in [0, 0.1) is 12.7 Å². The fourth-order valence-corrected chi connectivity index (χ4v) is 3.09. The lowest BCUT2D eigenvalue weighted by molar-refractivity contribution is -0.128. The van der Waals surface area contributed by atoms with Crippen molar-refractivity contribution in [3.8, 4) is 11.4 Å². The highest BCUT2D eigenvalue weighted by Gasteiger charge is 2.32. The van der Waals surface area contributed by atoms with E-state index in [9.17, 15) is 9.18 Å². The molecule has 6 nitrogen and oxygen atoms in total. The van der Waals surface area contributed by atoms with Gasteiger partial charge in [-0.2, -0.15) is 4.98 Å². The summed E-state index contributed by atoms with van der Waals surface area (Å²) < 4.78 is 18.3. The van der Waals surface area contributed by atoms with E-state index in [0.717, 1.165) is 16.7 Å². The van der Waals surface area contributed by atoms with E-state index in [1.165, 1.54) is 12.1 Å². The molecule has 1 aliphatic rings. The molecule has 1 aromatic heterocycles. The van der Waals surface area contributed by atoms with Crippen molar-refractivity contribution in [2.45, 2.75) is 25.9 Å². The van der Waals surface area contributed by atoms with E-state index in [0.29, 0.717) is 25.3 Å². The smallest absolute Gasteiger partial charge is 0.322 e. The zero-order valence-electron chi connectivity index (χ0n) is 14.9. The highest BCUT2D eigenvalue weighted by Crippen LogP contribution is 2.22. The summed E-state index contributed by atoms with van der Waals surface area (Å²) in [5.41, 5.74) is 2.90. The average Bonchev–Trinajstić information content (AvgIpc) is 3.27. The second kappa shape index (κ2) is 7.19. The monoisotopic (exact) mass is 366 g/mol. The molecular formula is C20H19FN4O2. The van der Waals surface area contributed by atoms with Crippen molar-refractivity contribution >= 4 is 11.9 Å². The summed E-state index contributed by atoms with van der Waals surface area (Å²) in [6.07, 6.45) is 0.641. The Bertz CT molecular complexity index is 937. The Labute approximate surface area is 156 Å². The number of aryl methyl sites for hydroxylation is 1. The normalized spacial score (nSPS) is 16.7. The molecule has 1 atom stereocenters. The molecule has 1 unspecified atom stereocenters. The standard InChI is InChI=1S/C20H19FN4O2/c1-13-2-6-15(7-3-13)18-23-20(27-24-18)22-17-10-11-25(19(17)26)12-14-4-8-16(21)9-5-14/h2-9,17H,10-12H2,1H3,(H,22,23,24). The molecule has 0 aliphatic carbocycles. The molecule has 4 rings (SSSR count). The van der Waals surface area contributed by atoms with Gasteiger partial charge in [-0.3, -0.25) is 4.79 Å². The van der Waals surface area contributed by atoms with Crippen molar-refractivity contribution in [2.24, 2.45) is 0 Å². The Morgan fingerprint density at radius 1 is 1.19 bits per heavy atom. The van der Waals surface area contributed by atoms with Crippen molar-refractivity contribution in [3.63, 3.8) is 0 Å². The van der Waals surface area contributed by atoms with Gasteiger partial charge >= 0.3 is 6.01 Å². The molecule has 0 radical (unpaired) electrons. The number of nitrogens with one attached hydrogen (secondary N) is 1. The van der Waals surface area contributed by atoms with Crippen LogP contribution in [0.1, 0.15) is 17.5 Å². The molecule has 2 aromatic carbocycles. The summed E-state index contributed by atoms with van der Waals surface area (Å²) in [4.78, 5) is 18.7. The van der Waals surface area contributed by atoms with E-state index in [1.54, 1.807) is 17.0 Å². The lowest BCUT2D eigenvalue weighted by Gasteiger charge is -2.16. The van der Waals surface area contributed by atoms with Crippen LogP contribution in [-0.4, -0.2) is 33.5 Å². The molecule has 1 amide bonds. The van der Waals surface area contributed by atoms with E-state index in [-0.39, 0.29) is 17.7 Å². The topological polar surface area (TPSA) is 71.3 Å². The van der Waals surface area contributed by atoms with Gasteiger partial charge < -0.3 is 14.7 Å². The van der Waals surface area contributed by atoms with E-state index in [4.69, 9.17) is 4.52 Å². The maximum atomic E-state index is 13.0. The minimum atomic E-state index is -0.406. The number of carbonyl (C=O) groups is 1. The van der Waals surface area contributed by atoms with Crippen LogP contribution in [0.4, 0.5) is 10.4 Å². The van der Waals surface area contributed by atoms with E-state index >= 15 is 0 Å². The summed E-state index contributed by atoms with van der Waals surface area (Å²) in [7, 11) is 0. The Morgan fingerprint density at radius 3 is 2.67 bits per heavy atom. The van der Waals surface area contributed by atoms with Crippen molar-refractivity contribution < 1.29 is 13.7 Å². The SMILES string of the molecule is Cc1ccc(-c2noc(NC3CCN(Cc4ccc(F)cc4)C3=O)n2)cc1. The minimum absolute atomic E-state index is 0.0330. The number of likely N-dealkylation sites (tertiary alicyclic amines) is 1. The van der Waals surface area contributed by atoms with Gasteiger partial charge in [-0.25, -0.2) is 4.39 Å². The van der Waals surface area contributed by atoms with Gasteiger partial charge in [-0.05, 0) is 31.0 Å². The lowest BCUT2D eigenvalue weighted by atomic mass is 10.1. The van der Waals surface area contributed by atoms with Gasteiger partial charge in [0.05, 0.1) is 0 Å². The molecule has 1 fully saturated rings. The molecule has 1 saturated heterocycles. The van der Waals surface area contributed by atoms with Gasteiger partial charge in [-0.1, -0.05) is 47.1 Å². The predicted molar refractivity (Wildman–Crippen MR) is 98.3 cm³/mol. The number of rotatable bonds is 5. The quantitative estimate of drug-likeness (QED) is 0.749. The van der Waals surface area contributed by atoms with Crippen LogP contribution in [-0.2, 0) is 11.3 Å². The molecule has 27 heavy (non-hydrogen) atoms. The Kier molecular flexibility index (Phi) is 4.58. The predicted octanol–water partition coefficient (Wildman–Crippen LogP) is 3.40. The van der Waals surface area contributed by atoms with Crippen LogP contribution >= 0.6 is 0 Å². The molecule has 0 spiro atoms. The molecular weight excluding hydrogens is 347 g/mol. The summed E-state index contributed by atoms with van der Waals surface area (Å²) >= 11 is 0. The third-order valence-corrected chi connectivity index (χ3v) is 4.62. The number of benzene rings is 2. The molecule has 1 aliphatic heterocycles. The first-order valence-electron chi connectivity index (χ1n) is 8.79.